The molecule has 1 unspecified atom stereocenters. The fourth-order valence-corrected chi connectivity index (χ4v) is 2.58. The predicted octanol–water partition coefficient (Wildman–Crippen LogP) is 1.96. The number of hydrogen-bond donors (Lipinski definition) is 2. The van der Waals surface area contributed by atoms with Crippen LogP contribution >= 0.6 is 0 Å². The van der Waals surface area contributed by atoms with E-state index in [1.54, 1.807) is 4.68 Å². The van der Waals surface area contributed by atoms with Crippen LogP contribution in [-0.2, 0) is 24.7 Å². The molecular weight excluding hydrogens is 252 g/mol. The third-order valence-corrected chi connectivity index (χ3v) is 3.59. The van der Waals surface area contributed by atoms with Gasteiger partial charge in [-0.3, -0.25) is 9.48 Å². The smallest absolute Gasteiger partial charge is 0.247 e. The second-order valence-electron chi connectivity index (χ2n) is 5.06. The lowest BCUT2D eigenvalue weighted by Gasteiger charge is -2.11. The molecule has 0 spiro atoms. The van der Waals surface area contributed by atoms with Gasteiger partial charge < -0.3 is 10.6 Å². The highest BCUT2D eigenvalue weighted by molar-refractivity contribution is 5.98. The quantitative estimate of drug-likeness (QED) is 0.896. The molecule has 0 bridgehead atoms. The van der Waals surface area contributed by atoms with E-state index in [1.165, 1.54) is 5.56 Å². The van der Waals surface area contributed by atoms with Crippen molar-refractivity contribution in [3.8, 4) is 0 Å². The molecule has 0 saturated carbocycles. The summed E-state index contributed by atoms with van der Waals surface area (Å²) in [5.74, 6) is -0.0103. The number of fused-ring (bicyclic) bond motifs is 1. The van der Waals surface area contributed by atoms with Crippen LogP contribution in [0.5, 0.6) is 0 Å². The first-order valence-electron chi connectivity index (χ1n) is 6.85. The summed E-state index contributed by atoms with van der Waals surface area (Å²) < 4.78 is 1.73. The zero-order chi connectivity index (χ0) is 14.1. The third kappa shape index (κ3) is 2.27. The molecule has 104 valence electrons. The number of nitrogens with zero attached hydrogens (tertiary/aromatic N) is 2. The van der Waals surface area contributed by atoms with Gasteiger partial charge in [0.05, 0.1) is 11.4 Å². The Hall–Kier alpha value is -2.30. The molecule has 2 aromatic rings. The fraction of sp³-hybridized carbons (Fsp3) is 0.333. The highest BCUT2D eigenvalue weighted by Crippen LogP contribution is 2.26. The van der Waals surface area contributed by atoms with Crippen LogP contribution in [0, 0.1) is 0 Å². The lowest BCUT2D eigenvalue weighted by atomic mass is 10.1. The molecule has 1 aromatic carbocycles. The zero-order valence-corrected chi connectivity index (χ0v) is 11.7. The van der Waals surface area contributed by atoms with Crippen molar-refractivity contribution in [2.24, 2.45) is 7.05 Å². The van der Waals surface area contributed by atoms with Gasteiger partial charge in [-0.25, -0.2) is 0 Å². The van der Waals surface area contributed by atoms with Crippen LogP contribution < -0.4 is 10.6 Å². The monoisotopic (exact) mass is 270 g/mol. The number of benzene rings is 1. The largest absolute Gasteiger partial charge is 0.373 e. The minimum Gasteiger partial charge on any atom is -0.373 e. The molecule has 1 aliphatic rings. The Kier molecular flexibility index (Phi) is 3.18. The maximum atomic E-state index is 12.4. The highest BCUT2D eigenvalue weighted by Gasteiger charge is 2.26. The summed E-state index contributed by atoms with van der Waals surface area (Å²) in [5.41, 5.74) is 3.96. The Balaban J connectivity index is 1.72. The first-order valence-corrected chi connectivity index (χ1v) is 6.85. The van der Waals surface area contributed by atoms with Crippen molar-refractivity contribution in [2.75, 3.05) is 10.6 Å². The van der Waals surface area contributed by atoms with E-state index in [1.807, 2.05) is 38.4 Å². The Morgan fingerprint density at radius 1 is 1.50 bits per heavy atom. The summed E-state index contributed by atoms with van der Waals surface area (Å²) in [6.45, 7) is 2.03. The van der Waals surface area contributed by atoms with Gasteiger partial charge in [0.1, 0.15) is 6.04 Å². The molecule has 20 heavy (non-hydrogen) atoms. The molecule has 5 heteroatoms. The van der Waals surface area contributed by atoms with E-state index >= 15 is 0 Å². The third-order valence-electron chi connectivity index (χ3n) is 3.59. The Morgan fingerprint density at radius 3 is 3.05 bits per heavy atom. The van der Waals surface area contributed by atoms with Gasteiger partial charge in [-0.2, -0.15) is 5.10 Å². The average Bonchev–Trinajstić information content (AvgIpc) is 3.01. The number of aromatic nitrogens is 2. The van der Waals surface area contributed by atoms with Crippen molar-refractivity contribution >= 4 is 17.3 Å². The van der Waals surface area contributed by atoms with Gasteiger partial charge in [0.2, 0.25) is 5.91 Å². The van der Waals surface area contributed by atoms with E-state index in [2.05, 4.69) is 21.8 Å². The Morgan fingerprint density at radius 2 is 2.30 bits per heavy atom. The molecule has 0 aliphatic carbocycles. The fourth-order valence-electron chi connectivity index (χ4n) is 2.58. The Labute approximate surface area is 118 Å². The molecule has 2 heterocycles. The molecule has 0 fully saturated rings. The second kappa shape index (κ2) is 5.00. The van der Waals surface area contributed by atoms with Crippen LogP contribution in [0.15, 0.2) is 30.5 Å². The maximum Gasteiger partial charge on any atom is 0.247 e. The Bertz CT molecular complexity index is 622. The van der Waals surface area contributed by atoms with Crippen LogP contribution in [0.25, 0.3) is 0 Å². The molecule has 0 radical (unpaired) electrons. The van der Waals surface area contributed by atoms with E-state index in [-0.39, 0.29) is 11.9 Å². The number of carbonyl (C=O) groups is 1. The minimum atomic E-state index is -0.211. The number of para-hydroxylation sites is 1. The van der Waals surface area contributed by atoms with E-state index in [0.29, 0.717) is 0 Å². The zero-order valence-electron chi connectivity index (χ0n) is 11.7. The van der Waals surface area contributed by atoms with E-state index in [0.717, 1.165) is 29.9 Å². The lowest BCUT2D eigenvalue weighted by molar-refractivity contribution is -0.116. The van der Waals surface area contributed by atoms with Crippen molar-refractivity contribution < 1.29 is 4.79 Å². The summed E-state index contributed by atoms with van der Waals surface area (Å²) in [6.07, 6.45) is 3.37. The average molecular weight is 270 g/mol. The van der Waals surface area contributed by atoms with Gasteiger partial charge in [-0.1, -0.05) is 25.1 Å². The number of rotatable bonds is 3. The SMILES string of the molecule is CCc1nn(C)cc1NC(=O)C1Cc2ccccc2N1. The first-order chi connectivity index (χ1) is 9.67. The van der Waals surface area contributed by atoms with Crippen molar-refractivity contribution in [2.45, 2.75) is 25.8 Å². The van der Waals surface area contributed by atoms with E-state index in [4.69, 9.17) is 0 Å². The van der Waals surface area contributed by atoms with E-state index in [9.17, 15) is 4.79 Å². The van der Waals surface area contributed by atoms with Crippen molar-refractivity contribution in [1.82, 2.24) is 9.78 Å². The minimum absolute atomic E-state index is 0.0103. The molecular formula is C15H18N4O. The van der Waals surface area contributed by atoms with Crippen LogP contribution in [0.4, 0.5) is 11.4 Å². The van der Waals surface area contributed by atoms with Gasteiger partial charge in [0.15, 0.2) is 0 Å². The predicted molar refractivity (Wildman–Crippen MR) is 78.8 cm³/mol. The van der Waals surface area contributed by atoms with Crippen LogP contribution in [0.1, 0.15) is 18.2 Å². The first kappa shape index (κ1) is 12.7. The van der Waals surface area contributed by atoms with Crippen molar-refractivity contribution in [1.29, 1.82) is 0 Å². The summed E-state index contributed by atoms with van der Waals surface area (Å²) >= 11 is 0. The molecule has 1 atom stereocenters. The van der Waals surface area contributed by atoms with Crippen LogP contribution in [-0.4, -0.2) is 21.7 Å². The molecule has 5 nitrogen and oxygen atoms in total. The molecule has 2 N–H and O–H groups in total. The van der Waals surface area contributed by atoms with Crippen molar-refractivity contribution in [3.05, 3.63) is 41.7 Å². The maximum absolute atomic E-state index is 12.4. The van der Waals surface area contributed by atoms with Crippen LogP contribution in [0.2, 0.25) is 0 Å². The molecule has 0 saturated heterocycles. The topological polar surface area (TPSA) is 59.0 Å². The van der Waals surface area contributed by atoms with Crippen LogP contribution in [0.3, 0.4) is 0 Å². The number of aryl methyl sites for hydroxylation is 2. The summed E-state index contributed by atoms with van der Waals surface area (Å²) in [7, 11) is 1.86. The molecule has 1 amide bonds. The standard InChI is InChI=1S/C15H18N4O/c1-3-11-14(9-19(2)18-11)17-15(20)13-8-10-6-4-5-7-12(10)16-13/h4-7,9,13,16H,3,8H2,1-2H3,(H,17,20). The normalized spacial score (nSPS) is 16.6. The molecule has 1 aromatic heterocycles. The number of amides is 1. The lowest BCUT2D eigenvalue weighted by Crippen LogP contribution is -2.32. The number of hydrogen-bond acceptors (Lipinski definition) is 3. The van der Waals surface area contributed by atoms with Gasteiger partial charge in [0, 0.05) is 25.4 Å². The highest BCUT2D eigenvalue weighted by atomic mass is 16.2. The van der Waals surface area contributed by atoms with Gasteiger partial charge >= 0.3 is 0 Å². The molecule has 3 rings (SSSR count). The van der Waals surface area contributed by atoms with E-state index < -0.39 is 0 Å². The summed E-state index contributed by atoms with van der Waals surface area (Å²) in [4.78, 5) is 12.4. The number of carbonyl (C=O) groups excluding carboxylic acids is 1. The van der Waals surface area contributed by atoms with Gasteiger partial charge in [-0.05, 0) is 18.1 Å². The van der Waals surface area contributed by atoms with Crippen molar-refractivity contribution in [3.63, 3.8) is 0 Å². The van der Waals surface area contributed by atoms with Gasteiger partial charge in [-0.15, -0.1) is 0 Å². The summed E-state index contributed by atoms with van der Waals surface area (Å²) in [5, 5.41) is 10.6. The number of anilines is 2. The second-order valence-corrected chi connectivity index (χ2v) is 5.06. The summed E-state index contributed by atoms with van der Waals surface area (Å²) in [6, 6.07) is 7.82. The molecule has 1 aliphatic heterocycles. The van der Waals surface area contributed by atoms with Gasteiger partial charge in [0.25, 0.3) is 0 Å². The number of nitrogens with one attached hydrogen (secondary N) is 2.